The van der Waals surface area contributed by atoms with E-state index in [1.165, 1.54) is 11.1 Å². The number of hydrogen-bond donors (Lipinski definition) is 1. The predicted octanol–water partition coefficient (Wildman–Crippen LogP) is 2.42. The van der Waals surface area contributed by atoms with Crippen molar-refractivity contribution in [3.63, 3.8) is 0 Å². The second-order valence-electron chi connectivity index (χ2n) is 6.54. The van der Waals surface area contributed by atoms with Gasteiger partial charge in [0.05, 0.1) is 0 Å². The zero-order chi connectivity index (χ0) is 18.9. The van der Waals surface area contributed by atoms with Crippen LogP contribution in [0.4, 0.5) is 5.95 Å². The van der Waals surface area contributed by atoms with Crippen molar-refractivity contribution in [2.45, 2.75) is 12.7 Å². The molecule has 1 N–H and O–H groups in total. The average Bonchev–Trinajstić information content (AvgIpc) is 2.73. The molecule has 2 aromatic rings. The maximum Gasteiger partial charge on any atom is 0.225 e. The van der Waals surface area contributed by atoms with Crippen LogP contribution in [0.2, 0.25) is 0 Å². The third-order valence-corrected chi connectivity index (χ3v) is 5.58. The quantitative estimate of drug-likeness (QED) is 0.469. The van der Waals surface area contributed by atoms with Crippen LogP contribution in [0.3, 0.4) is 0 Å². The van der Waals surface area contributed by atoms with Gasteiger partial charge in [-0.05, 0) is 18.6 Å². The van der Waals surface area contributed by atoms with E-state index in [0.717, 1.165) is 56.1 Å². The monoisotopic (exact) mass is 384 g/mol. The van der Waals surface area contributed by atoms with Gasteiger partial charge in [-0.3, -0.25) is 4.99 Å². The van der Waals surface area contributed by atoms with Gasteiger partial charge in [-0.25, -0.2) is 9.97 Å². The minimum absolute atomic E-state index is 0.813. The number of piperazine rings is 1. The first kappa shape index (κ1) is 19.5. The molecule has 0 atom stereocenters. The average molecular weight is 385 g/mol. The Morgan fingerprint density at radius 2 is 1.81 bits per heavy atom. The molecule has 0 radical (unpaired) electrons. The van der Waals surface area contributed by atoms with Gasteiger partial charge in [0.15, 0.2) is 5.96 Å². The van der Waals surface area contributed by atoms with Crippen LogP contribution in [0.1, 0.15) is 11.1 Å². The van der Waals surface area contributed by atoms with Crippen LogP contribution in [0.15, 0.2) is 47.7 Å². The van der Waals surface area contributed by atoms with Crippen molar-refractivity contribution in [1.82, 2.24) is 20.2 Å². The normalized spacial score (nSPS) is 15.1. The molecule has 0 saturated carbocycles. The first-order valence-corrected chi connectivity index (χ1v) is 10.5. The molecular formula is C20H28N6S. The van der Waals surface area contributed by atoms with Crippen LogP contribution >= 0.6 is 11.8 Å². The number of rotatable bonds is 6. The van der Waals surface area contributed by atoms with E-state index in [9.17, 15) is 0 Å². The molecule has 0 bridgehead atoms. The number of aliphatic imine (C=N–C) groups is 1. The van der Waals surface area contributed by atoms with E-state index in [1.54, 1.807) is 12.4 Å². The second-order valence-corrected chi connectivity index (χ2v) is 7.64. The number of nitrogens with one attached hydrogen (secondary N) is 1. The lowest BCUT2D eigenvalue weighted by atomic mass is 10.2. The molecule has 0 spiro atoms. The van der Waals surface area contributed by atoms with Crippen molar-refractivity contribution in [3.05, 3.63) is 53.9 Å². The van der Waals surface area contributed by atoms with Gasteiger partial charge < -0.3 is 15.1 Å². The smallest absolute Gasteiger partial charge is 0.225 e. The zero-order valence-corrected chi connectivity index (χ0v) is 17.0. The summed E-state index contributed by atoms with van der Waals surface area (Å²) in [6.45, 7) is 6.72. The number of aromatic nitrogens is 2. The lowest BCUT2D eigenvalue weighted by Crippen LogP contribution is -2.53. The van der Waals surface area contributed by atoms with Gasteiger partial charge in [0.2, 0.25) is 5.95 Å². The van der Waals surface area contributed by atoms with Crippen LogP contribution in [-0.2, 0) is 5.75 Å². The third kappa shape index (κ3) is 5.85. The van der Waals surface area contributed by atoms with Gasteiger partial charge in [0, 0.05) is 63.7 Å². The van der Waals surface area contributed by atoms with Gasteiger partial charge in [0.25, 0.3) is 0 Å². The van der Waals surface area contributed by atoms with Crippen molar-refractivity contribution in [1.29, 1.82) is 0 Å². The van der Waals surface area contributed by atoms with E-state index in [-0.39, 0.29) is 0 Å². The molecule has 2 heterocycles. The molecule has 7 heteroatoms. The summed E-state index contributed by atoms with van der Waals surface area (Å²) in [5.41, 5.74) is 2.70. The number of hydrogen-bond acceptors (Lipinski definition) is 5. The van der Waals surface area contributed by atoms with E-state index >= 15 is 0 Å². The predicted molar refractivity (Wildman–Crippen MR) is 115 cm³/mol. The highest BCUT2D eigenvalue weighted by Gasteiger charge is 2.20. The van der Waals surface area contributed by atoms with Crippen molar-refractivity contribution < 1.29 is 0 Å². The lowest BCUT2D eigenvalue weighted by molar-refractivity contribution is 0.371. The van der Waals surface area contributed by atoms with Crippen molar-refractivity contribution in [2.75, 3.05) is 50.4 Å². The van der Waals surface area contributed by atoms with Crippen LogP contribution in [0.5, 0.6) is 0 Å². The zero-order valence-electron chi connectivity index (χ0n) is 16.1. The highest BCUT2D eigenvalue weighted by atomic mass is 32.2. The fourth-order valence-electron chi connectivity index (χ4n) is 3.01. The SMILES string of the molecule is CN=C(NCCSCc1ccc(C)cc1)N1CCN(c2ncccn2)CC1. The van der Waals surface area contributed by atoms with Crippen LogP contribution in [0, 0.1) is 6.92 Å². The fraction of sp³-hybridized carbons (Fsp3) is 0.450. The van der Waals surface area contributed by atoms with E-state index in [1.807, 2.05) is 24.9 Å². The molecule has 1 fully saturated rings. The summed E-state index contributed by atoms with van der Waals surface area (Å²) in [5, 5.41) is 3.49. The molecule has 1 aliphatic heterocycles. The number of benzene rings is 1. The molecule has 1 saturated heterocycles. The standard InChI is InChI=1S/C20H28N6S/c1-17-4-6-18(7-5-17)16-27-15-10-24-19(21-2)25-11-13-26(14-12-25)20-22-8-3-9-23-20/h3-9H,10-16H2,1-2H3,(H,21,24). The van der Waals surface area contributed by atoms with Gasteiger partial charge in [-0.2, -0.15) is 11.8 Å². The molecular weight excluding hydrogens is 356 g/mol. The van der Waals surface area contributed by atoms with Crippen LogP contribution in [-0.4, -0.2) is 66.4 Å². The van der Waals surface area contributed by atoms with Crippen LogP contribution in [0.25, 0.3) is 0 Å². The van der Waals surface area contributed by atoms with Gasteiger partial charge in [-0.1, -0.05) is 29.8 Å². The second kappa shape index (κ2) is 10.2. The van der Waals surface area contributed by atoms with E-state index in [2.05, 4.69) is 61.3 Å². The number of aryl methyl sites for hydroxylation is 1. The Labute approximate surface area is 166 Å². The lowest BCUT2D eigenvalue weighted by Gasteiger charge is -2.36. The Balaban J connectivity index is 1.36. The first-order chi connectivity index (χ1) is 13.3. The topological polar surface area (TPSA) is 56.7 Å². The van der Waals surface area contributed by atoms with Crippen LogP contribution < -0.4 is 10.2 Å². The number of guanidine groups is 1. The Bertz CT molecular complexity index is 711. The van der Waals surface area contributed by atoms with Crippen molar-refractivity contribution in [3.8, 4) is 0 Å². The van der Waals surface area contributed by atoms with Crippen molar-refractivity contribution >= 4 is 23.7 Å². The maximum absolute atomic E-state index is 4.45. The highest BCUT2D eigenvalue weighted by molar-refractivity contribution is 7.98. The highest BCUT2D eigenvalue weighted by Crippen LogP contribution is 2.13. The Kier molecular flexibility index (Phi) is 7.33. The number of anilines is 1. The fourth-order valence-corrected chi connectivity index (χ4v) is 3.83. The summed E-state index contributed by atoms with van der Waals surface area (Å²) < 4.78 is 0. The van der Waals surface area contributed by atoms with E-state index < -0.39 is 0 Å². The summed E-state index contributed by atoms with van der Waals surface area (Å²) in [5.74, 6) is 3.91. The largest absolute Gasteiger partial charge is 0.355 e. The summed E-state index contributed by atoms with van der Waals surface area (Å²) in [4.78, 5) is 17.7. The number of nitrogens with zero attached hydrogens (tertiary/aromatic N) is 5. The van der Waals surface area contributed by atoms with Gasteiger partial charge >= 0.3 is 0 Å². The van der Waals surface area contributed by atoms with Gasteiger partial charge in [-0.15, -0.1) is 0 Å². The first-order valence-electron chi connectivity index (χ1n) is 9.37. The molecule has 0 amide bonds. The molecule has 1 aromatic heterocycles. The Hall–Kier alpha value is -2.28. The molecule has 3 rings (SSSR count). The molecule has 27 heavy (non-hydrogen) atoms. The summed E-state index contributed by atoms with van der Waals surface area (Å²) in [6, 6.07) is 10.6. The maximum atomic E-state index is 4.45. The molecule has 0 unspecified atom stereocenters. The summed E-state index contributed by atoms with van der Waals surface area (Å²) in [6.07, 6.45) is 3.59. The molecule has 0 aliphatic carbocycles. The summed E-state index contributed by atoms with van der Waals surface area (Å²) >= 11 is 1.95. The minimum atomic E-state index is 0.813. The van der Waals surface area contributed by atoms with Gasteiger partial charge in [0.1, 0.15) is 0 Å². The molecule has 144 valence electrons. The molecule has 6 nitrogen and oxygen atoms in total. The minimum Gasteiger partial charge on any atom is -0.355 e. The van der Waals surface area contributed by atoms with Crippen molar-refractivity contribution in [2.24, 2.45) is 4.99 Å². The third-order valence-electron chi connectivity index (χ3n) is 4.54. The van der Waals surface area contributed by atoms with E-state index in [4.69, 9.17) is 0 Å². The molecule has 1 aromatic carbocycles. The van der Waals surface area contributed by atoms with E-state index in [0.29, 0.717) is 0 Å². The Morgan fingerprint density at radius 3 is 2.48 bits per heavy atom. The molecule has 1 aliphatic rings. The summed E-state index contributed by atoms with van der Waals surface area (Å²) in [7, 11) is 1.86. The number of thioether (sulfide) groups is 1. The Morgan fingerprint density at radius 1 is 1.11 bits per heavy atom.